The van der Waals surface area contributed by atoms with Crippen LogP contribution in [-0.2, 0) is 0 Å². The number of halogens is 3. The molecular formula is C16H13F3N2O. The van der Waals surface area contributed by atoms with Gasteiger partial charge in [0, 0.05) is 24.2 Å². The molecule has 2 aromatic rings. The van der Waals surface area contributed by atoms with Crippen molar-refractivity contribution in [2.24, 2.45) is 0 Å². The van der Waals surface area contributed by atoms with Crippen molar-refractivity contribution in [2.45, 2.75) is 24.8 Å². The van der Waals surface area contributed by atoms with Gasteiger partial charge in [-0.1, -0.05) is 6.07 Å². The summed E-state index contributed by atoms with van der Waals surface area (Å²) in [5.41, 5.74) is 0.0761. The lowest BCUT2D eigenvalue weighted by atomic mass is 9.74. The van der Waals surface area contributed by atoms with Gasteiger partial charge in [0.25, 0.3) is 5.91 Å². The molecule has 2 atom stereocenters. The Bertz CT molecular complexity index is 720. The summed E-state index contributed by atoms with van der Waals surface area (Å²) >= 11 is 0. The summed E-state index contributed by atoms with van der Waals surface area (Å²) in [5.74, 6) is -2.85. The maximum absolute atomic E-state index is 13.8. The van der Waals surface area contributed by atoms with Crippen LogP contribution in [0.1, 0.15) is 34.8 Å². The van der Waals surface area contributed by atoms with E-state index < -0.39 is 23.4 Å². The number of nitrogens with zero attached hydrogens (tertiary/aromatic N) is 1. The molecular weight excluding hydrogens is 293 g/mol. The van der Waals surface area contributed by atoms with Crippen molar-refractivity contribution in [3.05, 3.63) is 65.2 Å². The zero-order chi connectivity index (χ0) is 15.7. The third-order valence-corrected chi connectivity index (χ3v) is 3.93. The van der Waals surface area contributed by atoms with Crippen molar-refractivity contribution in [3.63, 3.8) is 0 Å². The van der Waals surface area contributed by atoms with Crippen molar-refractivity contribution in [1.82, 2.24) is 10.3 Å². The highest BCUT2D eigenvalue weighted by atomic mass is 19.1. The normalized spacial score (nSPS) is 20.3. The largest absolute Gasteiger partial charge is 0.347 e. The molecule has 3 rings (SSSR count). The third kappa shape index (κ3) is 2.68. The Morgan fingerprint density at radius 3 is 2.59 bits per heavy atom. The molecule has 3 nitrogen and oxygen atoms in total. The zero-order valence-electron chi connectivity index (χ0n) is 11.5. The minimum atomic E-state index is -0.705. The molecule has 0 spiro atoms. The lowest BCUT2D eigenvalue weighted by Crippen LogP contribution is -2.46. The summed E-state index contributed by atoms with van der Waals surface area (Å²) in [6.45, 7) is 0. The smallest absolute Gasteiger partial charge is 0.273 e. The van der Waals surface area contributed by atoms with Gasteiger partial charge in [0.2, 0.25) is 0 Å². The number of carbonyl (C=O) groups is 1. The Labute approximate surface area is 125 Å². The molecule has 1 aromatic carbocycles. The van der Waals surface area contributed by atoms with Crippen LogP contribution in [0, 0.1) is 17.5 Å². The summed E-state index contributed by atoms with van der Waals surface area (Å²) in [7, 11) is 0. The standard InChI is InChI=1S/C16H13F3N2O/c17-9-3-4-10(13(19)8-9)11-5-6-14(11)21-16(22)15-12(18)2-1-7-20-15/h1-4,7-8,11,14H,5-6H2,(H,21,22)/t11-,14-/m0/s1. The van der Waals surface area contributed by atoms with Gasteiger partial charge in [-0.15, -0.1) is 0 Å². The second-order valence-corrected chi connectivity index (χ2v) is 5.26. The van der Waals surface area contributed by atoms with E-state index in [9.17, 15) is 18.0 Å². The average molecular weight is 306 g/mol. The second-order valence-electron chi connectivity index (χ2n) is 5.26. The van der Waals surface area contributed by atoms with Gasteiger partial charge in [0.15, 0.2) is 11.5 Å². The van der Waals surface area contributed by atoms with Gasteiger partial charge >= 0.3 is 0 Å². The van der Waals surface area contributed by atoms with Crippen molar-refractivity contribution in [1.29, 1.82) is 0 Å². The van der Waals surface area contributed by atoms with E-state index in [0.717, 1.165) is 12.1 Å². The predicted molar refractivity (Wildman–Crippen MR) is 73.8 cm³/mol. The van der Waals surface area contributed by atoms with Gasteiger partial charge < -0.3 is 5.32 Å². The molecule has 0 saturated heterocycles. The minimum Gasteiger partial charge on any atom is -0.347 e. The van der Waals surface area contributed by atoms with Gasteiger partial charge in [-0.25, -0.2) is 18.2 Å². The molecule has 1 aliphatic rings. The molecule has 1 fully saturated rings. The van der Waals surface area contributed by atoms with E-state index in [4.69, 9.17) is 0 Å². The van der Waals surface area contributed by atoms with Crippen LogP contribution in [-0.4, -0.2) is 16.9 Å². The molecule has 6 heteroatoms. The van der Waals surface area contributed by atoms with Crippen LogP contribution in [0.25, 0.3) is 0 Å². The summed E-state index contributed by atoms with van der Waals surface area (Å²) in [4.78, 5) is 15.7. The number of pyridine rings is 1. The van der Waals surface area contributed by atoms with E-state index in [1.165, 1.54) is 24.4 Å². The Morgan fingerprint density at radius 2 is 1.95 bits per heavy atom. The Morgan fingerprint density at radius 1 is 1.14 bits per heavy atom. The lowest BCUT2D eigenvalue weighted by molar-refractivity contribution is 0.0894. The van der Waals surface area contributed by atoms with E-state index in [1.807, 2.05) is 0 Å². The number of carbonyl (C=O) groups excluding carboxylic acids is 1. The van der Waals surface area contributed by atoms with Crippen LogP contribution >= 0.6 is 0 Å². The van der Waals surface area contributed by atoms with Crippen LogP contribution < -0.4 is 5.32 Å². The van der Waals surface area contributed by atoms with Crippen LogP contribution in [0.3, 0.4) is 0 Å². The first-order chi connectivity index (χ1) is 10.6. The van der Waals surface area contributed by atoms with Crippen LogP contribution in [0.15, 0.2) is 36.5 Å². The molecule has 22 heavy (non-hydrogen) atoms. The lowest BCUT2D eigenvalue weighted by Gasteiger charge is -2.37. The molecule has 1 amide bonds. The minimum absolute atomic E-state index is 0.240. The first-order valence-electron chi connectivity index (χ1n) is 6.92. The van der Waals surface area contributed by atoms with E-state index >= 15 is 0 Å². The molecule has 0 radical (unpaired) electrons. The quantitative estimate of drug-likeness (QED) is 0.946. The Hall–Kier alpha value is -2.37. The maximum Gasteiger partial charge on any atom is 0.273 e. The van der Waals surface area contributed by atoms with E-state index in [-0.39, 0.29) is 17.7 Å². The SMILES string of the molecule is O=C(N[C@H]1CC[C@H]1c1ccc(F)cc1F)c1ncccc1F. The van der Waals surface area contributed by atoms with Crippen molar-refractivity contribution in [2.75, 3.05) is 0 Å². The van der Waals surface area contributed by atoms with Gasteiger partial charge in [-0.2, -0.15) is 0 Å². The van der Waals surface area contributed by atoms with E-state index in [0.29, 0.717) is 18.4 Å². The molecule has 0 unspecified atom stereocenters. The number of hydrogen-bond acceptors (Lipinski definition) is 2. The number of nitrogens with one attached hydrogen (secondary N) is 1. The summed E-state index contributed by atoms with van der Waals surface area (Å²) in [6, 6.07) is 5.63. The molecule has 1 saturated carbocycles. The number of benzene rings is 1. The van der Waals surface area contributed by atoms with Crippen LogP contribution in [0.2, 0.25) is 0 Å². The predicted octanol–water partition coefficient (Wildman–Crippen LogP) is 3.17. The summed E-state index contributed by atoms with van der Waals surface area (Å²) in [6.07, 6.45) is 2.66. The number of aromatic nitrogens is 1. The summed E-state index contributed by atoms with van der Waals surface area (Å²) in [5, 5.41) is 2.66. The van der Waals surface area contributed by atoms with Gasteiger partial charge in [-0.05, 0) is 36.6 Å². The number of rotatable bonds is 3. The van der Waals surface area contributed by atoms with Crippen molar-refractivity contribution >= 4 is 5.91 Å². The van der Waals surface area contributed by atoms with E-state index in [1.54, 1.807) is 0 Å². The van der Waals surface area contributed by atoms with Gasteiger partial charge in [0.1, 0.15) is 11.6 Å². The van der Waals surface area contributed by atoms with E-state index in [2.05, 4.69) is 10.3 Å². The molecule has 1 aromatic heterocycles. The topological polar surface area (TPSA) is 42.0 Å². The fraction of sp³-hybridized carbons (Fsp3) is 0.250. The molecule has 0 aliphatic heterocycles. The molecule has 1 heterocycles. The maximum atomic E-state index is 13.8. The monoisotopic (exact) mass is 306 g/mol. The molecule has 0 bridgehead atoms. The van der Waals surface area contributed by atoms with Crippen molar-refractivity contribution in [3.8, 4) is 0 Å². The highest BCUT2D eigenvalue weighted by Gasteiger charge is 2.35. The van der Waals surface area contributed by atoms with Crippen molar-refractivity contribution < 1.29 is 18.0 Å². The average Bonchev–Trinajstić information content (AvgIpc) is 2.46. The third-order valence-electron chi connectivity index (χ3n) is 3.93. The number of amides is 1. The fourth-order valence-electron chi connectivity index (χ4n) is 2.64. The first-order valence-corrected chi connectivity index (χ1v) is 6.92. The molecule has 114 valence electrons. The Kier molecular flexibility index (Phi) is 3.83. The molecule has 1 N–H and O–H groups in total. The zero-order valence-corrected chi connectivity index (χ0v) is 11.5. The summed E-state index contributed by atoms with van der Waals surface area (Å²) < 4.78 is 40.3. The van der Waals surface area contributed by atoms with Crippen LogP contribution in [0.5, 0.6) is 0 Å². The van der Waals surface area contributed by atoms with Gasteiger partial charge in [-0.3, -0.25) is 4.79 Å². The highest BCUT2D eigenvalue weighted by molar-refractivity contribution is 5.92. The number of hydrogen-bond donors (Lipinski definition) is 1. The second kappa shape index (κ2) is 5.79. The highest BCUT2D eigenvalue weighted by Crippen LogP contribution is 2.38. The Balaban J connectivity index is 1.74. The van der Waals surface area contributed by atoms with Crippen LogP contribution in [0.4, 0.5) is 13.2 Å². The molecule has 1 aliphatic carbocycles. The first kappa shape index (κ1) is 14.6. The fourth-order valence-corrected chi connectivity index (χ4v) is 2.64. The van der Waals surface area contributed by atoms with Gasteiger partial charge in [0.05, 0.1) is 0 Å².